The van der Waals surface area contributed by atoms with Crippen molar-refractivity contribution in [2.75, 3.05) is 6.61 Å². The summed E-state index contributed by atoms with van der Waals surface area (Å²) in [6.07, 6.45) is 4.22. The Balaban J connectivity index is 1.98. The van der Waals surface area contributed by atoms with Crippen LogP contribution in [0.5, 0.6) is 0 Å². The van der Waals surface area contributed by atoms with E-state index >= 15 is 0 Å². The molecule has 0 spiro atoms. The van der Waals surface area contributed by atoms with E-state index in [1.807, 2.05) is 25.6 Å². The molecule has 128 valence electrons. The number of amides is 1. The number of carbonyl (C=O) groups excluding carboxylic acids is 2. The Labute approximate surface area is 137 Å². The Kier molecular flexibility index (Phi) is 5.44. The summed E-state index contributed by atoms with van der Waals surface area (Å²) < 4.78 is 7.00. The molecule has 1 aromatic rings. The van der Waals surface area contributed by atoms with Gasteiger partial charge in [-0.3, -0.25) is 9.48 Å². The van der Waals surface area contributed by atoms with Crippen LogP contribution in [0.15, 0.2) is 0 Å². The second kappa shape index (κ2) is 7.15. The van der Waals surface area contributed by atoms with Gasteiger partial charge >= 0.3 is 5.97 Å². The van der Waals surface area contributed by atoms with E-state index in [0.29, 0.717) is 32.3 Å². The molecule has 6 heteroatoms. The number of rotatable bonds is 6. The summed E-state index contributed by atoms with van der Waals surface area (Å²) in [6, 6.07) is 0. The van der Waals surface area contributed by atoms with Crippen LogP contribution in [-0.2, 0) is 27.8 Å². The van der Waals surface area contributed by atoms with Gasteiger partial charge in [-0.05, 0) is 45.6 Å². The third-order valence-electron chi connectivity index (χ3n) is 4.76. The van der Waals surface area contributed by atoms with E-state index in [-0.39, 0.29) is 11.9 Å². The molecule has 0 bridgehead atoms. The van der Waals surface area contributed by atoms with E-state index in [2.05, 4.69) is 10.4 Å². The lowest BCUT2D eigenvalue weighted by molar-refractivity contribution is -0.153. The van der Waals surface area contributed by atoms with Crippen molar-refractivity contribution >= 4 is 11.9 Å². The lowest BCUT2D eigenvalue weighted by Gasteiger charge is -2.27. The topological polar surface area (TPSA) is 73.2 Å². The van der Waals surface area contributed by atoms with E-state index in [4.69, 9.17) is 4.74 Å². The molecule has 1 heterocycles. The van der Waals surface area contributed by atoms with Gasteiger partial charge in [-0.1, -0.05) is 12.8 Å². The first-order chi connectivity index (χ1) is 10.9. The highest BCUT2D eigenvalue weighted by atomic mass is 16.5. The zero-order valence-electron chi connectivity index (χ0n) is 14.6. The molecule has 0 atom stereocenters. The van der Waals surface area contributed by atoms with Crippen molar-refractivity contribution in [1.82, 2.24) is 15.1 Å². The quantitative estimate of drug-likeness (QED) is 0.813. The van der Waals surface area contributed by atoms with Crippen molar-refractivity contribution in [3.63, 3.8) is 0 Å². The van der Waals surface area contributed by atoms with Crippen molar-refractivity contribution in [3.8, 4) is 0 Å². The molecule has 1 fully saturated rings. The second-order valence-electron chi connectivity index (χ2n) is 6.33. The molecule has 0 aromatic carbocycles. The SMILES string of the molecule is CCOC(=O)C1(NC(=O)CCc2c(C)nn(C)c2C)CCCC1. The molecule has 0 unspecified atom stereocenters. The van der Waals surface area contributed by atoms with Gasteiger partial charge in [0.2, 0.25) is 5.91 Å². The van der Waals surface area contributed by atoms with Crippen molar-refractivity contribution in [1.29, 1.82) is 0 Å². The van der Waals surface area contributed by atoms with Gasteiger partial charge in [-0.15, -0.1) is 0 Å². The van der Waals surface area contributed by atoms with Crippen LogP contribution in [0.4, 0.5) is 0 Å². The molecular weight excluding hydrogens is 294 g/mol. The third-order valence-corrected chi connectivity index (χ3v) is 4.76. The molecule has 0 aliphatic heterocycles. The summed E-state index contributed by atoms with van der Waals surface area (Å²) >= 11 is 0. The Bertz CT molecular complexity index is 586. The Morgan fingerprint density at radius 1 is 1.30 bits per heavy atom. The molecule has 1 aliphatic rings. The van der Waals surface area contributed by atoms with Crippen molar-refractivity contribution < 1.29 is 14.3 Å². The Hall–Kier alpha value is -1.85. The third kappa shape index (κ3) is 3.74. The number of carbonyl (C=O) groups is 2. The highest BCUT2D eigenvalue weighted by molar-refractivity contribution is 5.88. The number of nitrogens with one attached hydrogen (secondary N) is 1. The molecular formula is C17H27N3O3. The maximum Gasteiger partial charge on any atom is 0.331 e. The molecule has 1 N–H and O–H groups in total. The van der Waals surface area contributed by atoms with Crippen LogP contribution >= 0.6 is 0 Å². The maximum absolute atomic E-state index is 12.4. The van der Waals surface area contributed by atoms with Crippen LogP contribution in [-0.4, -0.2) is 33.8 Å². The lowest BCUT2D eigenvalue weighted by atomic mass is 9.97. The smallest absolute Gasteiger partial charge is 0.331 e. The molecule has 1 saturated carbocycles. The zero-order chi connectivity index (χ0) is 17.0. The molecule has 1 aromatic heterocycles. The number of hydrogen-bond acceptors (Lipinski definition) is 4. The van der Waals surface area contributed by atoms with E-state index in [1.54, 1.807) is 6.92 Å². The zero-order valence-corrected chi connectivity index (χ0v) is 14.6. The normalized spacial score (nSPS) is 16.3. The first kappa shape index (κ1) is 17.5. The largest absolute Gasteiger partial charge is 0.464 e. The standard InChI is InChI=1S/C17H27N3O3/c1-5-23-16(22)17(10-6-7-11-17)18-15(21)9-8-14-12(2)19-20(4)13(14)3/h5-11H2,1-4H3,(H,18,21). The Morgan fingerprint density at radius 3 is 2.48 bits per heavy atom. The predicted octanol–water partition coefficient (Wildman–Crippen LogP) is 1.96. The maximum atomic E-state index is 12.4. The number of aromatic nitrogens is 2. The number of aryl methyl sites for hydroxylation is 2. The van der Waals surface area contributed by atoms with Gasteiger partial charge in [-0.2, -0.15) is 5.10 Å². The van der Waals surface area contributed by atoms with Gasteiger partial charge in [0.15, 0.2) is 0 Å². The molecule has 0 radical (unpaired) electrons. The monoisotopic (exact) mass is 321 g/mol. The van der Waals surface area contributed by atoms with Gasteiger partial charge < -0.3 is 10.1 Å². The first-order valence-electron chi connectivity index (χ1n) is 8.37. The first-order valence-corrected chi connectivity index (χ1v) is 8.37. The second-order valence-corrected chi connectivity index (χ2v) is 6.33. The average molecular weight is 321 g/mol. The highest BCUT2D eigenvalue weighted by Gasteiger charge is 2.43. The van der Waals surface area contributed by atoms with Gasteiger partial charge in [0, 0.05) is 19.2 Å². The predicted molar refractivity (Wildman–Crippen MR) is 87.0 cm³/mol. The molecule has 1 aliphatic carbocycles. The van der Waals surface area contributed by atoms with E-state index in [9.17, 15) is 9.59 Å². The number of ether oxygens (including phenoxy) is 1. The van der Waals surface area contributed by atoms with Crippen LogP contribution in [0.3, 0.4) is 0 Å². The number of esters is 1. The molecule has 6 nitrogen and oxygen atoms in total. The van der Waals surface area contributed by atoms with Crippen LogP contribution in [0.25, 0.3) is 0 Å². The minimum atomic E-state index is -0.813. The van der Waals surface area contributed by atoms with Crippen LogP contribution in [0.1, 0.15) is 56.0 Å². The van der Waals surface area contributed by atoms with E-state index in [0.717, 1.165) is 29.8 Å². The van der Waals surface area contributed by atoms with Crippen LogP contribution in [0.2, 0.25) is 0 Å². The van der Waals surface area contributed by atoms with Gasteiger partial charge in [0.05, 0.1) is 12.3 Å². The summed E-state index contributed by atoms with van der Waals surface area (Å²) in [5.74, 6) is -0.387. The molecule has 1 amide bonds. The minimum Gasteiger partial charge on any atom is -0.464 e. The molecule has 23 heavy (non-hydrogen) atoms. The van der Waals surface area contributed by atoms with Gasteiger partial charge in [0.1, 0.15) is 5.54 Å². The van der Waals surface area contributed by atoms with Crippen LogP contribution < -0.4 is 5.32 Å². The Morgan fingerprint density at radius 2 is 1.96 bits per heavy atom. The fourth-order valence-electron chi connectivity index (χ4n) is 3.38. The summed E-state index contributed by atoms with van der Waals surface area (Å²) in [4.78, 5) is 24.6. The van der Waals surface area contributed by atoms with Gasteiger partial charge in [0.25, 0.3) is 0 Å². The van der Waals surface area contributed by atoms with Crippen molar-refractivity contribution in [2.24, 2.45) is 7.05 Å². The fourth-order valence-corrected chi connectivity index (χ4v) is 3.38. The number of nitrogens with zero attached hydrogens (tertiary/aromatic N) is 2. The fraction of sp³-hybridized carbons (Fsp3) is 0.706. The summed E-state index contributed by atoms with van der Waals surface area (Å²) in [5, 5.41) is 7.32. The van der Waals surface area contributed by atoms with E-state index < -0.39 is 5.54 Å². The van der Waals surface area contributed by atoms with Crippen molar-refractivity contribution in [3.05, 3.63) is 17.0 Å². The van der Waals surface area contributed by atoms with E-state index in [1.165, 1.54) is 0 Å². The summed E-state index contributed by atoms with van der Waals surface area (Å²) in [7, 11) is 1.90. The average Bonchev–Trinajstić information content (AvgIpc) is 3.05. The summed E-state index contributed by atoms with van der Waals surface area (Å²) in [6.45, 7) is 6.09. The van der Waals surface area contributed by atoms with Crippen LogP contribution in [0, 0.1) is 13.8 Å². The summed E-state index contributed by atoms with van der Waals surface area (Å²) in [5.41, 5.74) is 2.33. The lowest BCUT2D eigenvalue weighted by Crippen LogP contribution is -2.53. The highest BCUT2D eigenvalue weighted by Crippen LogP contribution is 2.31. The molecule has 0 saturated heterocycles. The minimum absolute atomic E-state index is 0.0948. The molecule has 2 rings (SSSR count). The number of hydrogen-bond donors (Lipinski definition) is 1. The van der Waals surface area contributed by atoms with Gasteiger partial charge in [-0.25, -0.2) is 4.79 Å². The van der Waals surface area contributed by atoms with Crippen molar-refractivity contribution in [2.45, 2.75) is 64.8 Å².